The number of rotatable bonds is 1. The molecule has 2 aliphatic rings. The maximum atomic E-state index is 11.0. The first kappa shape index (κ1) is 12.1. The fraction of sp³-hybridized carbons (Fsp3) is 0.667. The number of hydrogen-bond donors (Lipinski definition) is 1. The molecule has 1 aliphatic heterocycles. The van der Waals surface area contributed by atoms with E-state index >= 15 is 0 Å². The molecule has 3 unspecified atom stereocenters. The second-order valence-electron chi connectivity index (χ2n) is 5.73. The Morgan fingerprint density at radius 3 is 3.22 bits per heavy atom. The highest BCUT2D eigenvalue weighted by molar-refractivity contribution is 5.28. The van der Waals surface area contributed by atoms with Gasteiger partial charge in [0.15, 0.2) is 0 Å². The van der Waals surface area contributed by atoms with Crippen molar-refractivity contribution in [1.82, 2.24) is 4.98 Å². The van der Waals surface area contributed by atoms with Crippen LogP contribution >= 0.6 is 0 Å². The van der Waals surface area contributed by atoms with E-state index in [0.717, 1.165) is 37.8 Å². The van der Waals surface area contributed by atoms with Crippen molar-refractivity contribution in [2.45, 2.75) is 56.7 Å². The van der Waals surface area contributed by atoms with Crippen molar-refractivity contribution < 1.29 is 9.84 Å². The molecule has 3 rings (SSSR count). The van der Waals surface area contributed by atoms with Gasteiger partial charge in [-0.1, -0.05) is 6.07 Å². The molecule has 3 atom stereocenters. The van der Waals surface area contributed by atoms with Crippen LogP contribution in [0, 0.1) is 0 Å². The van der Waals surface area contributed by atoms with Gasteiger partial charge in [-0.05, 0) is 37.8 Å². The molecule has 0 saturated carbocycles. The zero-order chi connectivity index (χ0) is 12.6. The number of aryl methyl sites for hydroxylation is 1. The molecule has 1 fully saturated rings. The Labute approximate surface area is 108 Å². The van der Waals surface area contributed by atoms with Crippen LogP contribution in [0.3, 0.4) is 0 Å². The molecular formula is C15H21NO2. The van der Waals surface area contributed by atoms with E-state index in [-0.39, 0.29) is 12.0 Å². The third-order valence-electron chi connectivity index (χ3n) is 4.42. The molecule has 18 heavy (non-hydrogen) atoms. The summed E-state index contributed by atoms with van der Waals surface area (Å²) < 4.78 is 5.57. The van der Waals surface area contributed by atoms with Gasteiger partial charge in [-0.15, -0.1) is 0 Å². The first-order valence-electron chi connectivity index (χ1n) is 6.97. The Kier molecular flexibility index (Phi) is 3.12. The number of hydrogen-bond acceptors (Lipinski definition) is 3. The van der Waals surface area contributed by atoms with Crippen LogP contribution in [-0.4, -0.2) is 28.4 Å². The van der Waals surface area contributed by atoms with Gasteiger partial charge >= 0.3 is 0 Å². The first-order valence-corrected chi connectivity index (χ1v) is 6.97. The zero-order valence-electron chi connectivity index (χ0n) is 10.9. The summed E-state index contributed by atoms with van der Waals surface area (Å²) in [5.41, 5.74) is 1.82. The Morgan fingerprint density at radius 2 is 2.39 bits per heavy atom. The molecule has 1 saturated heterocycles. The van der Waals surface area contributed by atoms with Crippen molar-refractivity contribution in [1.29, 1.82) is 0 Å². The number of aliphatic hydroxyl groups is 1. The van der Waals surface area contributed by atoms with Crippen molar-refractivity contribution in [3.05, 3.63) is 29.6 Å². The van der Waals surface area contributed by atoms with Crippen molar-refractivity contribution in [2.24, 2.45) is 0 Å². The lowest BCUT2D eigenvalue weighted by Gasteiger charge is -2.43. The molecule has 0 aromatic carbocycles. The van der Waals surface area contributed by atoms with Crippen molar-refractivity contribution in [2.75, 3.05) is 6.61 Å². The fourth-order valence-corrected chi connectivity index (χ4v) is 3.54. The lowest BCUT2D eigenvalue weighted by Crippen LogP contribution is -2.46. The van der Waals surface area contributed by atoms with Crippen molar-refractivity contribution in [3.63, 3.8) is 0 Å². The normalized spacial score (nSPS) is 36.1. The second kappa shape index (κ2) is 4.63. The maximum Gasteiger partial charge on any atom is 0.0777 e. The third-order valence-corrected chi connectivity index (χ3v) is 4.42. The molecule has 98 valence electrons. The Hall–Kier alpha value is -0.930. The first-order chi connectivity index (χ1) is 8.69. The van der Waals surface area contributed by atoms with Crippen molar-refractivity contribution >= 4 is 0 Å². The summed E-state index contributed by atoms with van der Waals surface area (Å²) in [6.07, 6.45) is 6.77. The number of pyridine rings is 1. The number of aromatic nitrogens is 1. The number of ether oxygens (including phenoxy) is 1. The van der Waals surface area contributed by atoms with Gasteiger partial charge in [0.25, 0.3) is 0 Å². The lowest BCUT2D eigenvalue weighted by molar-refractivity contribution is -0.113. The third kappa shape index (κ3) is 2.06. The SMILES string of the molecule is CC1CC(O)(C2CCCc3cccnc32)CCO1. The smallest absolute Gasteiger partial charge is 0.0777 e. The molecule has 1 N–H and O–H groups in total. The largest absolute Gasteiger partial charge is 0.389 e. The molecule has 0 bridgehead atoms. The summed E-state index contributed by atoms with van der Waals surface area (Å²) in [4.78, 5) is 4.55. The number of fused-ring (bicyclic) bond motifs is 1. The average molecular weight is 247 g/mol. The van der Waals surface area contributed by atoms with Gasteiger partial charge in [-0.3, -0.25) is 4.98 Å². The Morgan fingerprint density at radius 1 is 1.50 bits per heavy atom. The predicted octanol–water partition coefficient (Wildman–Crippen LogP) is 2.43. The Balaban J connectivity index is 1.93. The summed E-state index contributed by atoms with van der Waals surface area (Å²) in [6.45, 7) is 2.71. The van der Waals surface area contributed by atoms with Gasteiger partial charge in [-0.25, -0.2) is 0 Å². The van der Waals surface area contributed by atoms with Crippen LogP contribution < -0.4 is 0 Å². The van der Waals surface area contributed by atoms with Crippen LogP contribution in [0.1, 0.15) is 49.8 Å². The minimum Gasteiger partial charge on any atom is -0.389 e. The molecular weight excluding hydrogens is 226 g/mol. The highest BCUT2D eigenvalue weighted by Crippen LogP contribution is 2.43. The summed E-state index contributed by atoms with van der Waals surface area (Å²) in [6, 6.07) is 4.15. The minimum atomic E-state index is -0.624. The van der Waals surface area contributed by atoms with Gasteiger partial charge in [0.05, 0.1) is 11.7 Å². The second-order valence-corrected chi connectivity index (χ2v) is 5.73. The Bertz CT molecular complexity index is 434. The monoisotopic (exact) mass is 247 g/mol. The molecule has 1 aromatic heterocycles. The van der Waals surface area contributed by atoms with Crippen LogP contribution in [0.4, 0.5) is 0 Å². The molecule has 1 aliphatic carbocycles. The molecule has 1 aromatic rings. The molecule has 0 amide bonds. The topological polar surface area (TPSA) is 42.4 Å². The predicted molar refractivity (Wildman–Crippen MR) is 69.5 cm³/mol. The van der Waals surface area contributed by atoms with Gasteiger partial charge in [0.2, 0.25) is 0 Å². The highest BCUT2D eigenvalue weighted by atomic mass is 16.5. The van der Waals surface area contributed by atoms with Crippen LogP contribution in [0.15, 0.2) is 18.3 Å². The van der Waals surface area contributed by atoms with Gasteiger partial charge in [0.1, 0.15) is 0 Å². The van der Waals surface area contributed by atoms with Crippen molar-refractivity contribution in [3.8, 4) is 0 Å². The van der Waals surface area contributed by atoms with E-state index < -0.39 is 5.60 Å². The highest BCUT2D eigenvalue weighted by Gasteiger charge is 2.43. The van der Waals surface area contributed by atoms with Crippen LogP contribution in [0.25, 0.3) is 0 Å². The summed E-state index contributed by atoms with van der Waals surface area (Å²) in [5, 5.41) is 11.0. The molecule has 3 nitrogen and oxygen atoms in total. The van der Waals surface area contributed by atoms with Gasteiger partial charge in [0, 0.05) is 37.3 Å². The van der Waals surface area contributed by atoms with Crippen LogP contribution in [0.5, 0.6) is 0 Å². The molecule has 0 spiro atoms. The standard InChI is InChI=1S/C15H21NO2/c1-11-10-15(17,7-9-18-11)13-6-2-4-12-5-3-8-16-14(12)13/h3,5,8,11,13,17H,2,4,6-7,9-10H2,1H3. The maximum absolute atomic E-state index is 11.0. The van der Waals surface area contributed by atoms with Crippen LogP contribution in [0.2, 0.25) is 0 Å². The van der Waals surface area contributed by atoms with Gasteiger partial charge < -0.3 is 9.84 Å². The summed E-state index contributed by atoms with van der Waals surface area (Å²) in [7, 11) is 0. The van der Waals surface area contributed by atoms with E-state index in [0.29, 0.717) is 6.61 Å². The van der Waals surface area contributed by atoms with E-state index in [1.807, 2.05) is 19.2 Å². The molecule has 0 radical (unpaired) electrons. The molecule has 2 heterocycles. The summed E-state index contributed by atoms with van der Waals surface area (Å²) in [5.74, 6) is 0.189. The fourth-order valence-electron chi connectivity index (χ4n) is 3.54. The van der Waals surface area contributed by atoms with E-state index in [9.17, 15) is 5.11 Å². The van der Waals surface area contributed by atoms with E-state index in [1.54, 1.807) is 0 Å². The number of nitrogens with zero attached hydrogens (tertiary/aromatic N) is 1. The lowest BCUT2D eigenvalue weighted by atomic mass is 9.71. The minimum absolute atomic E-state index is 0.151. The average Bonchev–Trinajstić information content (AvgIpc) is 2.38. The quantitative estimate of drug-likeness (QED) is 0.828. The summed E-state index contributed by atoms with van der Waals surface area (Å²) >= 11 is 0. The molecule has 3 heteroatoms. The van der Waals surface area contributed by atoms with E-state index in [4.69, 9.17) is 4.74 Å². The van der Waals surface area contributed by atoms with Gasteiger partial charge in [-0.2, -0.15) is 0 Å². The van der Waals surface area contributed by atoms with E-state index in [2.05, 4.69) is 11.1 Å². The van der Waals surface area contributed by atoms with Crippen LogP contribution in [-0.2, 0) is 11.2 Å². The zero-order valence-corrected chi connectivity index (χ0v) is 10.9. The van der Waals surface area contributed by atoms with E-state index in [1.165, 1.54) is 5.56 Å².